The van der Waals surface area contributed by atoms with Crippen molar-refractivity contribution in [2.45, 2.75) is 33.2 Å². The zero-order valence-corrected chi connectivity index (χ0v) is 11.6. The smallest absolute Gasteiger partial charge is 0.282 e. The third-order valence-electron chi connectivity index (χ3n) is 2.36. The van der Waals surface area contributed by atoms with Crippen molar-refractivity contribution in [1.29, 1.82) is 0 Å². The van der Waals surface area contributed by atoms with Crippen molar-refractivity contribution in [3.05, 3.63) is 0 Å². The van der Waals surface area contributed by atoms with Gasteiger partial charge in [-0.15, -0.1) is 0 Å². The summed E-state index contributed by atoms with van der Waals surface area (Å²) in [7, 11) is -2.06. The predicted molar refractivity (Wildman–Crippen MR) is 67.1 cm³/mol. The molecule has 0 aliphatic carbocycles. The largest absolute Gasteiger partial charge is 0.409 e. The lowest BCUT2D eigenvalue weighted by Crippen LogP contribution is -2.48. The summed E-state index contributed by atoms with van der Waals surface area (Å²) < 4.78 is 26.8. The van der Waals surface area contributed by atoms with Gasteiger partial charge in [-0.2, -0.15) is 17.0 Å². The zero-order valence-electron chi connectivity index (χ0n) is 10.8. The van der Waals surface area contributed by atoms with Crippen LogP contribution in [0, 0.1) is 0 Å². The second-order valence-electron chi connectivity index (χ2n) is 4.04. The van der Waals surface area contributed by atoms with Crippen molar-refractivity contribution >= 4 is 16.0 Å². The summed E-state index contributed by atoms with van der Waals surface area (Å²) in [4.78, 5) is 0. The van der Waals surface area contributed by atoms with Crippen LogP contribution in [0.3, 0.4) is 0 Å². The molecule has 0 spiro atoms. The van der Waals surface area contributed by atoms with E-state index in [4.69, 9.17) is 10.9 Å². The average molecular weight is 266 g/mol. The van der Waals surface area contributed by atoms with Gasteiger partial charge in [-0.1, -0.05) is 12.1 Å². The molecule has 17 heavy (non-hydrogen) atoms. The number of rotatable bonds is 7. The second kappa shape index (κ2) is 6.77. The van der Waals surface area contributed by atoms with E-state index < -0.39 is 10.2 Å². The highest BCUT2D eigenvalue weighted by Gasteiger charge is 2.28. The van der Waals surface area contributed by atoms with Gasteiger partial charge >= 0.3 is 0 Å². The van der Waals surface area contributed by atoms with E-state index in [0.29, 0.717) is 13.0 Å². The number of amidine groups is 1. The maximum Gasteiger partial charge on any atom is 0.282 e. The molecule has 0 unspecified atom stereocenters. The number of oxime groups is 1. The molecule has 3 N–H and O–H groups in total. The minimum Gasteiger partial charge on any atom is -0.409 e. The van der Waals surface area contributed by atoms with Gasteiger partial charge in [0.15, 0.2) is 5.84 Å². The maximum absolute atomic E-state index is 12.2. The van der Waals surface area contributed by atoms with Gasteiger partial charge in [0.1, 0.15) is 0 Å². The highest BCUT2D eigenvalue weighted by Crippen LogP contribution is 2.10. The number of nitrogens with two attached hydrogens (primary N) is 1. The lowest BCUT2D eigenvalue weighted by Gasteiger charge is -2.29. The van der Waals surface area contributed by atoms with Crippen molar-refractivity contribution < 1.29 is 13.6 Å². The van der Waals surface area contributed by atoms with Crippen LogP contribution in [0.4, 0.5) is 0 Å². The molecule has 7 nitrogen and oxygen atoms in total. The van der Waals surface area contributed by atoms with Crippen LogP contribution in [0.1, 0.15) is 27.2 Å². The summed E-state index contributed by atoms with van der Waals surface area (Å²) in [5.41, 5.74) is 5.35. The van der Waals surface area contributed by atoms with Crippen molar-refractivity contribution in [3.8, 4) is 0 Å². The predicted octanol–water partition coefficient (Wildman–Crippen LogP) is 0.0298. The molecule has 0 atom stereocenters. The molecule has 102 valence electrons. The Kier molecular flexibility index (Phi) is 6.43. The molecule has 0 aliphatic heterocycles. The van der Waals surface area contributed by atoms with E-state index in [2.05, 4.69) is 5.16 Å². The maximum atomic E-state index is 12.2. The summed E-state index contributed by atoms with van der Waals surface area (Å²) in [6.45, 7) is 5.65. The van der Waals surface area contributed by atoms with Gasteiger partial charge in [-0.05, 0) is 20.3 Å². The van der Waals surface area contributed by atoms with Crippen molar-refractivity contribution in [3.63, 3.8) is 0 Å². The van der Waals surface area contributed by atoms with Gasteiger partial charge in [-0.25, -0.2) is 0 Å². The summed E-state index contributed by atoms with van der Waals surface area (Å²) in [6, 6.07) is -0.147. The van der Waals surface area contributed by atoms with Crippen molar-refractivity contribution in [2.24, 2.45) is 10.9 Å². The number of hydrogen-bond acceptors (Lipinski definition) is 4. The van der Waals surface area contributed by atoms with Crippen LogP contribution in [-0.4, -0.2) is 54.3 Å². The van der Waals surface area contributed by atoms with Crippen LogP contribution < -0.4 is 5.73 Å². The fourth-order valence-corrected chi connectivity index (χ4v) is 2.79. The zero-order chi connectivity index (χ0) is 13.6. The Bertz CT molecular complexity index is 353. The molecular formula is C9H22N4O3S. The van der Waals surface area contributed by atoms with Gasteiger partial charge < -0.3 is 10.9 Å². The Balaban J connectivity index is 5.04. The molecule has 0 aliphatic rings. The molecule has 0 fully saturated rings. The van der Waals surface area contributed by atoms with Gasteiger partial charge in [-0.3, -0.25) is 0 Å². The summed E-state index contributed by atoms with van der Waals surface area (Å²) >= 11 is 0. The Labute approximate surface area is 103 Å². The standard InChI is InChI=1S/C9H22N4O3S/c1-5-6-13(7-9(10)11-14)17(15,16)12(4)8(2)3/h8,14H,5-7H2,1-4H3,(H2,10,11). The van der Waals surface area contributed by atoms with Crippen LogP contribution in [0.25, 0.3) is 0 Å². The fourth-order valence-electron chi connectivity index (χ4n) is 1.19. The number of nitrogens with zero attached hydrogens (tertiary/aromatic N) is 3. The van der Waals surface area contributed by atoms with E-state index in [1.165, 1.54) is 15.7 Å². The Morgan fingerprint density at radius 2 is 2.00 bits per heavy atom. The van der Waals surface area contributed by atoms with E-state index >= 15 is 0 Å². The molecule has 0 rings (SSSR count). The van der Waals surface area contributed by atoms with Crippen LogP contribution in [0.5, 0.6) is 0 Å². The fraction of sp³-hybridized carbons (Fsp3) is 0.889. The molecule has 0 saturated carbocycles. The summed E-state index contributed by atoms with van der Waals surface area (Å²) in [6.07, 6.45) is 0.657. The Morgan fingerprint density at radius 3 is 2.35 bits per heavy atom. The minimum absolute atomic E-state index is 0.107. The van der Waals surface area contributed by atoms with Gasteiger partial charge in [0.2, 0.25) is 0 Å². The number of hydrogen-bond donors (Lipinski definition) is 2. The lowest BCUT2D eigenvalue weighted by molar-refractivity contribution is 0.311. The monoisotopic (exact) mass is 266 g/mol. The minimum atomic E-state index is -3.57. The van der Waals surface area contributed by atoms with Crippen molar-refractivity contribution in [2.75, 3.05) is 20.1 Å². The first kappa shape index (κ1) is 16.1. The third-order valence-corrected chi connectivity index (χ3v) is 4.47. The molecule has 0 amide bonds. The third kappa shape index (κ3) is 4.49. The van der Waals surface area contributed by atoms with Gasteiger partial charge in [0.25, 0.3) is 10.2 Å². The van der Waals surface area contributed by atoms with E-state index in [-0.39, 0.29) is 18.4 Å². The van der Waals surface area contributed by atoms with Crippen molar-refractivity contribution in [1.82, 2.24) is 8.61 Å². The SMILES string of the molecule is CCCN(CC(N)=NO)S(=O)(=O)N(C)C(C)C. The molecular weight excluding hydrogens is 244 g/mol. The summed E-state index contributed by atoms with van der Waals surface area (Å²) in [5.74, 6) is -0.126. The molecule has 0 radical (unpaired) electrons. The first-order valence-electron chi connectivity index (χ1n) is 5.46. The van der Waals surface area contributed by atoms with E-state index in [9.17, 15) is 8.42 Å². The van der Waals surface area contributed by atoms with Gasteiger partial charge in [0.05, 0.1) is 6.54 Å². The molecule has 0 aromatic heterocycles. The highest BCUT2D eigenvalue weighted by atomic mass is 32.2. The lowest BCUT2D eigenvalue weighted by atomic mass is 10.4. The van der Waals surface area contributed by atoms with E-state index in [1.54, 1.807) is 13.8 Å². The molecule has 0 saturated heterocycles. The molecule has 0 bridgehead atoms. The quantitative estimate of drug-likeness (QED) is 0.294. The normalized spacial score (nSPS) is 13.9. The van der Waals surface area contributed by atoms with Crippen LogP contribution >= 0.6 is 0 Å². The molecule has 0 heterocycles. The molecule has 0 aromatic carbocycles. The van der Waals surface area contributed by atoms with E-state index in [0.717, 1.165) is 0 Å². The summed E-state index contributed by atoms with van der Waals surface area (Å²) in [5, 5.41) is 11.3. The van der Waals surface area contributed by atoms with Crippen LogP contribution in [-0.2, 0) is 10.2 Å². The topological polar surface area (TPSA) is 99.2 Å². The highest BCUT2D eigenvalue weighted by molar-refractivity contribution is 7.86. The van der Waals surface area contributed by atoms with Gasteiger partial charge in [0, 0.05) is 19.6 Å². The average Bonchev–Trinajstić information content (AvgIpc) is 2.26. The Morgan fingerprint density at radius 1 is 1.47 bits per heavy atom. The van der Waals surface area contributed by atoms with Crippen LogP contribution in [0.2, 0.25) is 0 Å². The molecule has 0 aromatic rings. The first-order chi connectivity index (χ1) is 7.77. The Hall–Kier alpha value is -0.860. The van der Waals surface area contributed by atoms with Crippen LogP contribution in [0.15, 0.2) is 5.16 Å². The second-order valence-corrected chi connectivity index (χ2v) is 6.03. The first-order valence-corrected chi connectivity index (χ1v) is 6.86. The van der Waals surface area contributed by atoms with E-state index in [1.807, 2.05) is 6.92 Å². The molecule has 8 heteroatoms.